The van der Waals surface area contributed by atoms with Crippen LogP contribution in [0.3, 0.4) is 0 Å². The molecule has 0 amide bonds. The highest BCUT2D eigenvalue weighted by Crippen LogP contribution is 2.25. The predicted molar refractivity (Wildman–Crippen MR) is 46.1 cm³/mol. The summed E-state index contributed by atoms with van der Waals surface area (Å²) in [6, 6.07) is 1.94. The Balaban J connectivity index is 2.42. The van der Waals surface area contributed by atoms with Gasteiger partial charge in [-0.1, -0.05) is 36.9 Å². The molecule has 11 heavy (non-hydrogen) atoms. The minimum absolute atomic E-state index is 0.358. The van der Waals surface area contributed by atoms with Gasteiger partial charge in [-0.3, -0.25) is 0 Å². The molecule has 1 nitrogen and oxygen atoms in total. The highest BCUT2D eigenvalue weighted by molar-refractivity contribution is 6.31. The minimum atomic E-state index is 0.358. The van der Waals surface area contributed by atoms with Gasteiger partial charge in [0.2, 0.25) is 0 Å². The van der Waals surface area contributed by atoms with Crippen molar-refractivity contribution in [3.05, 3.63) is 11.1 Å². The van der Waals surface area contributed by atoms with Crippen molar-refractivity contribution >= 4 is 11.6 Å². The number of allylic oxidation sites excluding steroid dienone is 2. The lowest BCUT2D eigenvalue weighted by Crippen LogP contribution is -2.02. The summed E-state index contributed by atoms with van der Waals surface area (Å²) >= 11 is 5.60. The second-order valence-corrected chi connectivity index (χ2v) is 3.43. The van der Waals surface area contributed by atoms with Gasteiger partial charge < -0.3 is 0 Å². The molecule has 0 radical (unpaired) electrons. The predicted octanol–water partition coefficient (Wildman–Crippen LogP) is 3.21. The normalized spacial score (nSPS) is 21.3. The largest absolute Gasteiger partial charge is 0.191 e. The average molecular weight is 170 g/mol. The third-order valence-electron chi connectivity index (χ3n) is 2.14. The fourth-order valence-corrected chi connectivity index (χ4v) is 1.72. The summed E-state index contributed by atoms with van der Waals surface area (Å²) in [5.41, 5.74) is 0. The first-order valence-corrected chi connectivity index (χ1v) is 4.48. The van der Waals surface area contributed by atoms with E-state index in [1.54, 1.807) is 0 Å². The number of nitriles is 1. The lowest BCUT2D eigenvalue weighted by atomic mass is 9.89. The van der Waals surface area contributed by atoms with E-state index in [9.17, 15) is 0 Å². The van der Waals surface area contributed by atoms with Crippen LogP contribution in [-0.4, -0.2) is 0 Å². The SMILES string of the molecule is N#C/C(Cl)=C/C1CCCCC1. The number of nitrogens with zero attached hydrogens (tertiary/aromatic N) is 1. The first kappa shape index (κ1) is 8.62. The Kier molecular flexibility index (Phi) is 3.45. The molecule has 0 unspecified atom stereocenters. The monoisotopic (exact) mass is 169 g/mol. The highest BCUT2D eigenvalue weighted by Gasteiger charge is 2.10. The average Bonchev–Trinajstić information content (AvgIpc) is 2.06. The summed E-state index contributed by atoms with van der Waals surface area (Å²) in [7, 11) is 0. The van der Waals surface area contributed by atoms with E-state index < -0.39 is 0 Å². The Morgan fingerprint density at radius 1 is 1.36 bits per heavy atom. The van der Waals surface area contributed by atoms with Crippen molar-refractivity contribution in [1.29, 1.82) is 5.26 Å². The standard InChI is InChI=1S/C9H12ClN/c10-9(7-11)6-8-4-2-1-3-5-8/h6,8H,1-5H2/b9-6-. The van der Waals surface area contributed by atoms with E-state index in [-0.39, 0.29) is 0 Å². The van der Waals surface area contributed by atoms with E-state index >= 15 is 0 Å². The topological polar surface area (TPSA) is 23.8 Å². The molecule has 60 valence electrons. The van der Waals surface area contributed by atoms with Crippen molar-refractivity contribution in [3.63, 3.8) is 0 Å². The second-order valence-electron chi connectivity index (χ2n) is 3.02. The van der Waals surface area contributed by atoms with Crippen LogP contribution in [0.1, 0.15) is 32.1 Å². The van der Waals surface area contributed by atoms with E-state index in [2.05, 4.69) is 0 Å². The summed E-state index contributed by atoms with van der Waals surface area (Å²) in [4.78, 5) is 0. The third kappa shape index (κ3) is 2.95. The summed E-state index contributed by atoms with van der Waals surface area (Å²) in [6.07, 6.45) is 8.23. The van der Waals surface area contributed by atoms with Crippen molar-refractivity contribution < 1.29 is 0 Å². The van der Waals surface area contributed by atoms with Gasteiger partial charge in [0.05, 0.1) is 0 Å². The first-order valence-electron chi connectivity index (χ1n) is 4.10. The summed E-state index contributed by atoms with van der Waals surface area (Å²) in [6.45, 7) is 0. The molecular formula is C9H12ClN. The van der Waals surface area contributed by atoms with Crippen LogP contribution in [0.25, 0.3) is 0 Å². The molecule has 1 aliphatic rings. The van der Waals surface area contributed by atoms with Crippen molar-refractivity contribution in [2.24, 2.45) is 5.92 Å². The first-order chi connectivity index (χ1) is 5.33. The molecular weight excluding hydrogens is 158 g/mol. The molecule has 0 aromatic rings. The summed E-state index contributed by atoms with van der Waals surface area (Å²) in [5.74, 6) is 0.566. The second kappa shape index (κ2) is 4.41. The molecule has 2 heteroatoms. The minimum Gasteiger partial charge on any atom is -0.191 e. The summed E-state index contributed by atoms with van der Waals surface area (Å²) in [5, 5.41) is 8.77. The van der Waals surface area contributed by atoms with Gasteiger partial charge in [0.15, 0.2) is 0 Å². The zero-order chi connectivity index (χ0) is 8.10. The maximum atomic E-state index is 8.42. The number of hydrogen-bond acceptors (Lipinski definition) is 1. The molecule has 1 aliphatic carbocycles. The number of hydrogen-bond donors (Lipinski definition) is 0. The lowest BCUT2D eigenvalue weighted by molar-refractivity contribution is 0.419. The van der Waals surface area contributed by atoms with Crippen LogP contribution in [0, 0.1) is 17.2 Å². The van der Waals surface area contributed by atoms with Crippen LogP contribution in [-0.2, 0) is 0 Å². The molecule has 1 fully saturated rings. The van der Waals surface area contributed by atoms with Crippen LogP contribution < -0.4 is 0 Å². The Bertz CT molecular complexity index is 184. The molecule has 0 heterocycles. The number of rotatable bonds is 1. The Morgan fingerprint density at radius 2 is 2.00 bits per heavy atom. The van der Waals surface area contributed by atoms with Crippen molar-refractivity contribution in [2.75, 3.05) is 0 Å². The molecule has 0 atom stereocenters. The molecule has 0 aliphatic heterocycles. The summed E-state index contributed by atoms with van der Waals surface area (Å²) < 4.78 is 0. The molecule has 1 saturated carbocycles. The van der Waals surface area contributed by atoms with Crippen LogP contribution in [0.15, 0.2) is 11.1 Å². The van der Waals surface area contributed by atoms with E-state index in [1.807, 2.05) is 12.1 Å². The zero-order valence-corrected chi connectivity index (χ0v) is 7.27. The van der Waals surface area contributed by atoms with Crippen LogP contribution in [0.5, 0.6) is 0 Å². The van der Waals surface area contributed by atoms with E-state index in [4.69, 9.17) is 16.9 Å². The van der Waals surface area contributed by atoms with Gasteiger partial charge in [-0.25, -0.2) is 0 Å². The molecule has 0 spiro atoms. The van der Waals surface area contributed by atoms with E-state index in [1.165, 1.54) is 32.1 Å². The van der Waals surface area contributed by atoms with Crippen molar-refractivity contribution in [2.45, 2.75) is 32.1 Å². The fraction of sp³-hybridized carbons (Fsp3) is 0.667. The van der Waals surface area contributed by atoms with Gasteiger partial charge in [-0.15, -0.1) is 0 Å². The maximum Gasteiger partial charge on any atom is 0.114 e. The smallest absolute Gasteiger partial charge is 0.114 e. The van der Waals surface area contributed by atoms with Gasteiger partial charge in [-0.2, -0.15) is 5.26 Å². The Labute approximate surface area is 72.7 Å². The molecule has 0 aromatic heterocycles. The zero-order valence-electron chi connectivity index (χ0n) is 6.52. The fourth-order valence-electron chi connectivity index (χ4n) is 1.55. The molecule has 1 rings (SSSR count). The lowest BCUT2D eigenvalue weighted by Gasteiger charge is -2.17. The van der Waals surface area contributed by atoms with Crippen molar-refractivity contribution in [3.8, 4) is 6.07 Å². The van der Waals surface area contributed by atoms with Crippen LogP contribution in [0.4, 0.5) is 0 Å². The Morgan fingerprint density at radius 3 is 2.55 bits per heavy atom. The highest BCUT2D eigenvalue weighted by atomic mass is 35.5. The maximum absolute atomic E-state index is 8.42. The van der Waals surface area contributed by atoms with E-state index in [0.717, 1.165) is 0 Å². The molecule has 0 saturated heterocycles. The molecule has 0 bridgehead atoms. The van der Waals surface area contributed by atoms with E-state index in [0.29, 0.717) is 11.0 Å². The van der Waals surface area contributed by atoms with Gasteiger partial charge >= 0.3 is 0 Å². The third-order valence-corrected chi connectivity index (χ3v) is 2.35. The van der Waals surface area contributed by atoms with Gasteiger partial charge in [0.25, 0.3) is 0 Å². The van der Waals surface area contributed by atoms with Gasteiger partial charge in [-0.05, 0) is 18.8 Å². The van der Waals surface area contributed by atoms with Gasteiger partial charge in [0.1, 0.15) is 11.1 Å². The molecule has 0 aromatic carbocycles. The van der Waals surface area contributed by atoms with Gasteiger partial charge in [0, 0.05) is 0 Å². The van der Waals surface area contributed by atoms with Crippen molar-refractivity contribution in [1.82, 2.24) is 0 Å². The number of halogens is 1. The Hall–Kier alpha value is -0.480. The quantitative estimate of drug-likeness (QED) is 0.553. The van der Waals surface area contributed by atoms with Crippen LogP contribution >= 0.6 is 11.6 Å². The van der Waals surface area contributed by atoms with Crippen LogP contribution in [0.2, 0.25) is 0 Å². The molecule has 0 N–H and O–H groups in total.